The maximum Gasteiger partial charge on any atom is 0.0925 e. The molecule has 1 aliphatic rings. The number of rotatable bonds is 2. The molecule has 1 aromatic carbocycles. The fourth-order valence-electron chi connectivity index (χ4n) is 1.73. The Morgan fingerprint density at radius 3 is 2.23 bits per heavy atom. The molecule has 13 heavy (non-hydrogen) atoms. The topological polar surface area (TPSA) is 25.0 Å². The van der Waals surface area contributed by atoms with E-state index in [1.165, 1.54) is 5.56 Å². The van der Waals surface area contributed by atoms with Gasteiger partial charge in [0.05, 0.1) is 5.66 Å². The highest BCUT2D eigenvalue weighted by Gasteiger charge is 2.45. The molecule has 1 unspecified atom stereocenters. The molecule has 1 N–H and O–H groups in total. The summed E-state index contributed by atoms with van der Waals surface area (Å²) in [6.07, 6.45) is 0. The van der Waals surface area contributed by atoms with Crippen LogP contribution in [-0.4, -0.2) is 10.7 Å². The molecule has 1 aliphatic heterocycles. The largest absolute Gasteiger partial charge is 0.232 e. The number of nitrogens with one attached hydrogen (secondary N) is 1. The second-order valence-corrected chi connectivity index (χ2v) is 4.13. The van der Waals surface area contributed by atoms with Gasteiger partial charge in [0.25, 0.3) is 0 Å². The molecule has 0 radical (unpaired) electrons. The van der Waals surface area contributed by atoms with Gasteiger partial charge in [-0.1, -0.05) is 30.3 Å². The van der Waals surface area contributed by atoms with Gasteiger partial charge in [0.2, 0.25) is 0 Å². The lowest BCUT2D eigenvalue weighted by molar-refractivity contribution is 0.350. The highest BCUT2D eigenvalue weighted by Crippen LogP contribution is 2.34. The first-order chi connectivity index (χ1) is 6.11. The van der Waals surface area contributed by atoms with Crippen LogP contribution in [0.15, 0.2) is 30.3 Å². The van der Waals surface area contributed by atoms with Gasteiger partial charge in [-0.15, -0.1) is 0 Å². The molecule has 0 aromatic heterocycles. The summed E-state index contributed by atoms with van der Waals surface area (Å²) in [7, 11) is 0. The third-order valence-corrected chi connectivity index (χ3v) is 2.62. The van der Waals surface area contributed by atoms with E-state index in [2.05, 4.69) is 61.5 Å². The molecule has 0 aliphatic carbocycles. The third kappa shape index (κ3) is 1.60. The fourth-order valence-corrected chi connectivity index (χ4v) is 1.73. The van der Waals surface area contributed by atoms with Crippen molar-refractivity contribution in [3.05, 3.63) is 35.9 Å². The molecule has 2 atom stereocenters. The minimum absolute atomic E-state index is 0.176. The van der Waals surface area contributed by atoms with Crippen LogP contribution in [0.4, 0.5) is 0 Å². The fraction of sp³-hybridized carbons (Fsp3) is 0.455. The van der Waals surface area contributed by atoms with Gasteiger partial charge in [-0.25, -0.2) is 10.4 Å². The Balaban J connectivity index is 2.12. The average molecular weight is 176 g/mol. The SMILES string of the molecule is C[C@@H](c1ccccc1)N1NC1(C)C. The summed E-state index contributed by atoms with van der Waals surface area (Å²) in [6, 6.07) is 11.0. The molecule has 2 heteroatoms. The zero-order chi connectivity index (χ0) is 9.47. The van der Waals surface area contributed by atoms with E-state index in [0.717, 1.165) is 0 Å². The molecule has 2 rings (SSSR count). The molecule has 0 bridgehead atoms. The monoisotopic (exact) mass is 176 g/mol. The molecule has 1 aromatic rings. The number of nitrogens with zero attached hydrogens (tertiary/aromatic N) is 1. The number of hydrogen-bond donors (Lipinski definition) is 1. The van der Waals surface area contributed by atoms with Crippen molar-refractivity contribution in [3.63, 3.8) is 0 Å². The van der Waals surface area contributed by atoms with Crippen molar-refractivity contribution in [2.75, 3.05) is 0 Å². The van der Waals surface area contributed by atoms with E-state index < -0.39 is 0 Å². The molecule has 2 nitrogen and oxygen atoms in total. The van der Waals surface area contributed by atoms with E-state index in [1.807, 2.05) is 0 Å². The van der Waals surface area contributed by atoms with Gasteiger partial charge in [-0.05, 0) is 26.3 Å². The molecule has 1 saturated heterocycles. The molecular weight excluding hydrogens is 160 g/mol. The van der Waals surface area contributed by atoms with Gasteiger partial charge in [-0.3, -0.25) is 0 Å². The highest BCUT2D eigenvalue weighted by atomic mass is 15.8. The number of hydrogen-bond acceptors (Lipinski definition) is 2. The van der Waals surface area contributed by atoms with Crippen molar-refractivity contribution in [2.45, 2.75) is 32.5 Å². The van der Waals surface area contributed by atoms with Crippen LogP contribution in [0.1, 0.15) is 32.4 Å². The van der Waals surface area contributed by atoms with Crippen LogP contribution < -0.4 is 5.43 Å². The second-order valence-electron chi connectivity index (χ2n) is 4.13. The summed E-state index contributed by atoms with van der Waals surface area (Å²) >= 11 is 0. The molecular formula is C11H16N2. The van der Waals surface area contributed by atoms with Crippen molar-refractivity contribution in [2.24, 2.45) is 0 Å². The normalized spacial score (nSPS) is 26.8. The molecule has 0 amide bonds. The lowest BCUT2D eigenvalue weighted by Gasteiger charge is -2.13. The molecule has 0 spiro atoms. The molecule has 70 valence electrons. The first-order valence-electron chi connectivity index (χ1n) is 4.73. The van der Waals surface area contributed by atoms with Crippen molar-refractivity contribution in [3.8, 4) is 0 Å². The maximum absolute atomic E-state index is 3.34. The van der Waals surface area contributed by atoms with Crippen LogP contribution in [0.5, 0.6) is 0 Å². The Bertz CT molecular complexity index is 292. The van der Waals surface area contributed by atoms with Crippen molar-refractivity contribution < 1.29 is 0 Å². The van der Waals surface area contributed by atoms with Crippen LogP contribution >= 0.6 is 0 Å². The first kappa shape index (κ1) is 8.73. The summed E-state index contributed by atoms with van der Waals surface area (Å²) in [5, 5.41) is 2.27. The summed E-state index contributed by atoms with van der Waals surface area (Å²) in [5.41, 5.74) is 4.88. The Hall–Kier alpha value is -0.860. The van der Waals surface area contributed by atoms with Crippen molar-refractivity contribution >= 4 is 0 Å². The van der Waals surface area contributed by atoms with E-state index in [9.17, 15) is 0 Å². The zero-order valence-electron chi connectivity index (χ0n) is 8.41. The van der Waals surface area contributed by atoms with Gasteiger partial charge in [-0.2, -0.15) is 0 Å². The average Bonchev–Trinajstić information content (AvgIpc) is 2.76. The van der Waals surface area contributed by atoms with E-state index in [0.29, 0.717) is 6.04 Å². The molecule has 0 saturated carbocycles. The van der Waals surface area contributed by atoms with Crippen molar-refractivity contribution in [1.29, 1.82) is 0 Å². The second kappa shape index (κ2) is 2.82. The molecule has 1 fully saturated rings. The van der Waals surface area contributed by atoms with E-state index in [1.54, 1.807) is 0 Å². The smallest absolute Gasteiger partial charge is 0.0925 e. The third-order valence-electron chi connectivity index (χ3n) is 2.62. The summed E-state index contributed by atoms with van der Waals surface area (Å²) in [6.45, 7) is 6.59. The van der Waals surface area contributed by atoms with Gasteiger partial charge in [0.15, 0.2) is 0 Å². The Labute approximate surface area is 79.5 Å². The Morgan fingerprint density at radius 2 is 1.77 bits per heavy atom. The van der Waals surface area contributed by atoms with E-state index in [-0.39, 0.29) is 5.66 Å². The summed E-state index contributed by atoms with van der Waals surface area (Å²) in [4.78, 5) is 0. The minimum atomic E-state index is 0.176. The van der Waals surface area contributed by atoms with Crippen molar-refractivity contribution in [1.82, 2.24) is 10.4 Å². The van der Waals surface area contributed by atoms with Gasteiger partial charge >= 0.3 is 0 Å². The van der Waals surface area contributed by atoms with Crippen LogP contribution in [0.2, 0.25) is 0 Å². The van der Waals surface area contributed by atoms with Gasteiger partial charge < -0.3 is 0 Å². The van der Waals surface area contributed by atoms with Crippen LogP contribution in [0.25, 0.3) is 0 Å². The number of hydrazine groups is 1. The van der Waals surface area contributed by atoms with Crippen LogP contribution in [0, 0.1) is 0 Å². The van der Waals surface area contributed by atoms with E-state index in [4.69, 9.17) is 0 Å². The summed E-state index contributed by atoms with van der Waals surface area (Å²) < 4.78 is 0. The van der Waals surface area contributed by atoms with Gasteiger partial charge in [0, 0.05) is 6.04 Å². The Morgan fingerprint density at radius 1 is 1.23 bits per heavy atom. The molecule has 1 heterocycles. The maximum atomic E-state index is 3.34. The quantitative estimate of drug-likeness (QED) is 0.699. The standard InChI is InChI=1S/C11H16N2/c1-9(13-11(2,3)12-13)10-7-5-4-6-8-10/h4-9,12H,1-3H3/t9-,13?/m0/s1. The minimum Gasteiger partial charge on any atom is -0.232 e. The van der Waals surface area contributed by atoms with Crippen LogP contribution in [0.3, 0.4) is 0 Å². The lowest BCUT2D eigenvalue weighted by atomic mass is 10.1. The summed E-state index contributed by atoms with van der Waals surface area (Å²) in [5.74, 6) is 0. The highest BCUT2D eigenvalue weighted by molar-refractivity contribution is 5.20. The predicted octanol–water partition coefficient (Wildman–Crippen LogP) is 2.30. The van der Waals surface area contributed by atoms with Gasteiger partial charge in [0.1, 0.15) is 0 Å². The predicted molar refractivity (Wildman–Crippen MR) is 53.9 cm³/mol. The Kier molecular flexibility index (Phi) is 1.90. The lowest BCUT2D eigenvalue weighted by Crippen LogP contribution is -2.13. The van der Waals surface area contributed by atoms with Crippen LogP contribution in [-0.2, 0) is 0 Å². The first-order valence-corrected chi connectivity index (χ1v) is 4.73. The zero-order valence-corrected chi connectivity index (χ0v) is 8.41. The number of benzene rings is 1. The van der Waals surface area contributed by atoms with E-state index >= 15 is 0 Å².